The molecule has 2 aromatic heterocycles. The molecule has 0 bridgehead atoms. The Balaban J connectivity index is 2.09. The average molecular weight is 369 g/mol. The first kappa shape index (κ1) is 12.9. The van der Waals surface area contributed by atoms with E-state index in [-0.39, 0.29) is 0 Å². The summed E-state index contributed by atoms with van der Waals surface area (Å²) in [5.74, 6) is 2.86. The summed E-state index contributed by atoms with van der Waals surface area (Å²) in [4.78, 5) is 9.29. The van der Waals surface area contributed by atoms with Crippen LogP contribution in [0.25, 0.3) is 11.6 Å². The molecule has 100 valence electrons. The van der Waals surface area contributed by atoms with Crippen molar-refractivity contribution in [3.05, 3.63) is 27.7 Å². The van der Waals surface area contributed by atoms with Crippen molar-refractivity contribution in [2.45, 2.75) is 31.6 Å². The van der Waals surface area contributed by atoms with E-state index >= 15 is 0 Å². The van der Waals surface area contributed by atoms with Gasteiger partial charge in [0.2, 0.25) is 0 Å². The number of anilines is 1. The van der Waals surface area contributed by atoms with Crippen molar-refractivity contribution in [3.63, 3.8) is 0 Å². The van der Waals surface area contributed by atoms with Gasteiger partial charge in [-0.05, 0) is 47.6 Å². The summed E-state index contributed by atoms with van der Waals surface area (Å²) in [5, 5.41) is 3.16. The highest BCUT2D eigenvalue weighted by Crippen LogP contribution is 2.37. The molecule has 0 aromatic carbocycles. The zero-order chi connectivity index (χ0) is 13.2. The molecule has 2 aromatic rings. The molecule has 1 aliphatic rings. The second-order valence-corrected chi connectivity index (χ2v) is 5.88. The predicted octanol–water partition coefficient (Wildman–Crippen LogP) is 4.04. The van der Waals surface area contributed by atoms with Gasteiger partial charge in [-0.3, -0.25) is 0 Å². The molecule has 3 rings (SSSR count). The summed E-state index contributed by atoms with van der Waals surface area (Å²) in [6.45, 7) is 0. The highest BCUT2D eigenvalue weighted by atomic mass is 127. The molecule has 4 nitrogen and oxygen atoms in total. The smallest absolute Gasteiger partial charge is 0.197 e. The molecule has 1 fully saturated rings. The molecule has 0 saturated heterocycles. The topological polar surface area (TPSA) is 51.0 Å². The maximum absolute atomic E-state index is 5.42. The molecule has 19 heavy (non-hydrogen) atoms. The van der Waals surface area contributed by atoms with Crippen LogP contribution in [-0.4, -0.2) is 17.0 Å². The summed E-state index contributed by atoms with van der Waals surface area (Å²) in [6.07, 6.45) is 6.72. The van der Waals surface area contributed by atoms with Gasteiger partial charge in [-0.1, -0.05) is 12.8 Å². The molecule has 0 radical (unpaired) electrons. The molecule has 0 amide bonds. The number of nitrogens with one attached hydrogen (secondary N) is 1. The van der Waals surface area contributed by atoms with Crippen molar-refractivity contribution in [2.24, 2.45) is 0 Å². The molecule has 0 unspecified atom stereocenters. The minimum atomic E-state index is 0.565. The fraction of sp³-hybridized carbons (Fsp3) is 0.429. The average Bonchev–Trinajstić information content (AvgIpc) is 3.12. The van der Waals surface area contributed by atoms with E-state index in [1.54, 1.807) is 6.26 Å². The molecule has 5 heteroatoms. The lowest BCUT2D eigenvalue weighted by atomic mass is 10.0. The van der Waals surface area contributed by atoms with E-state index in [1.165, 1.54) is 31.4 Å². The van der Waals surface area contributed by atoms with Gasteiger partial charge in [0, 0.05) is 13.0 Å². The molecular weight excluding hydrogens is 353 g/mol. The van der Waals surface area contributed by atoms with Gasteiger partial charge in [0.15, 0.2) is 11.6 Å². The monoisotopic (exact) mass is 369 g/mol. The summed E-state index contributed by atoms with van der Waals surface area (Å²) < 4.78 is 6.56. The fourth-order valence-electron chi connectivity index (χ4n) is 2.62. The van der Waals surface area contributed by atoms with Gasteiger partial charge in [-0.25, -0.2) is 9.97 Å². The number of rotatable bonds is 3. The van der Waals surface area contributed by atoms with Crippen molar-refractivity contribution in [1.82, 2.24) is 9.97 Å². The molecule has 0 aliphatic heterocycles. The van der Waals surface area contributed by atoms with Crippen LogP contribution in [0, 0.1) is 3.57 Å². The Kier molecular flexibility index (Phi) is 3.72. The van der Waals surface area contributed by atoms with Crippen LogP contribution in [0.4, 0.5) is 5.82 Å². The van der Waals surface area contributed by atoms with E-state index in [0.29, 0.717) is 11.7 Å². The molecule has 1 aliphatic carbocycles. The van der Waals surface area contributed by atoms with Crippen molar-refractivity contribution in [3.8, 4) is 11.6 Å². The number of aromatic nitrogens is 2. The molecule has 0 atom stereocenters. The Bertz CT molecular complexity index is 562. The van der Waals surface area contributed by atoms with Crippen molar-refractivity contribution in [2.75, 3.05) is 12.4 Å². The molecule has 1 saturated carbocycles. The van der Waals surface area contributed by atoms with E-state index in [0.717, 1.165) is 15.1 Å². The van der Waals surface area contributed by atoms with Crippen LogP contribution in [0.1, 0.15) is 37.3 Å². The van der Waals surface area contributed by atoms with Crippen LogP contribution < -0.4 is 5.32 Å². The summed E-state index contributed by atoms with van der Waals surface area (Å²) in [6, 6.07) is 3.77. The van der Waals surface area contributed by atoms with E-state index in [4.69, 9.17) is 9.40 Å². The van der Waals surface area contributed by atoms with Gasteiger partial charge in [0.05, 0.1) is 15.5 Å². The fourth-order valence-corrected chi connectivity index (χ4v) is 3.57. The van der Waals surface area contributed by atoms with Crippen LogP contribution in [-0.2, 0) is 0 Å². The summed E-state index contributed by atoms with van der Waals surface area (Å²) >= 11 is 2.35. The van der Waals surface area contributed by atoms with Gasteiger partial charge >= 0.3 is 0 Å². The van der Waals surface area contributed by atoms with Crippen LogP contribution >= 0.6 is 22.6 Å². The maximum Gasteiger partial charge on any atom is 0.197 e. The van der Waals surface area contributed by atoms with Crippen LogP contribution in [0.2, 0.25) is 0 Å². The number of halogens is 1. The Morgan fingerprint density at radius 2 is 2.11 bits per heavy atom. The van der Waals surface area contributed by atoms with Crippen LogP contribution in [0.15, 0.2) is 22.8 Å². The van der Waals surface area contributed by atoms with E-state index in [9.17, 15) is 0 Å². The Morgan fingerprint density at radius 1 is 1.32 bits per heavy atom. The van der Waals surface area contributed by atoms with Gasteiger partial charge < -0.3 is 9.73 Å². The Morgan fingerprint density at radius 3 is 2.74 bits per heavy atom. The molecule has 0 spiro atoms. The van der Waals surface area contributed by atoms with Crippen LogP contribution in [0.5, 0.6) is 0 Å². The summed E-state index contributed by atoms with van der Waals surface area (Å²) in [7, 11) is 1.90. The quantitative estimate of drug-likeness (QED) is 0.830. The Labute approximate surface area is 126 Å². The largest absolute Gasteiger partial charge is 0.461 e. The van der Waals surface area contributed by atoms with E-state index < -0.39 is 0 Å². The third-order valence-electron chi connectivity index (χ3n) is 3.60. The zero-order valence-corrected chi connectivity index (χ0v) is 13.0. The van der Waals surface area contributed by atoms with Crippen LogP contribution in [0.3, 0.4) is 0 Å². The second kappa shape index (κ2) is 5.48. The highest BCUT2D eigenvalue weighted by molar-refractivity contribution is 14.1. The minimum Gasteiger partial charge on any atom is -0.461 e. The first-order valence-electron chi connectivity index (χ1n) is 6.58. The van der Waals surface area contributed by atoms with Gasteiger partial charge in [-0.15, -0.1) is 0 Å². The van der Waals surface area contributed by atoms with Crippen molar-refractivity contribution < 1.29 is 4.42 Å². The zero-order valence-electron chi connectivity index (χ0n) is 10.8. The SMILES string of the molecule is CNc1nc(-c2ccco2)nc(C2CCCC2)c1I. The molecule has 2 heterocycles. The van der Waals surface area contributed by atoms with Gasteiger partial charge in [-0.2, -0.15) is 0 Å². The number of furan rings is 1. The van der Waals surface area contributed by atoms with Crippen molar-refractivity contribution >= 4 is 28.4 Å². The first-order valence-corrected chi connectivity index (χ1v) is 7.66. The third-order valence-corrected chi connectivity index (χ3v) is 4.66. The molecule has 1 N–H and O–H groups in total. The van der Waals surface area contributed by atoms with E-state index in [2.05, 4.69) is 32.9 Å². The number of hydrogen-bond donors (Lipinski definition) is 1. The van der Waals surface area contributed by atoms with Gasteiger partial charge in [0.25, 0.3) is 0 Å². The number of hydrogen-bond acceptors (Lipinski definition) is 4. The predicted molar refractivity (Wildman–Crippen MR) is 83.2 cm³/mol. The lowest BCUT2D eigenvalue weighted by Crippen LogP contribution is -2.07. The lowest BCUT2D eigenvalue weighted by molar-refractivity contribution is 0.575. The standard InChI is InChI=1S/C14H16IN3O/c1-16-14-11(15)12(9-5-2-3-6-9)17-13(18-14)10-7-4-8-19-10/h4,7-9H,2-3,5-6H2,1H3,(H,16,17,18). The second-order valence-electron chi connectivity index (χ2n) is 4.80. The van der Waals surface area contributed by atoms with Gasteiger partial charge in [0.1, 0.15) is 5.82 Å². The minimum absolute atomic E-state index is 0.565. The normalized spacial score (nSPS) is 15.9. The first-order chi connectivity index (χ1) is 9.29. The lowest BCUT2D eigenvalue weighted by Gasteiger charge is -2.14. The maximum atomic E-state index is 5.42. The Hall–Kier alpha value is -1.11. The molecular formula is C14H16IN3O. The van der Waals surface area contributed by atoms with Crippen molar-refractivity contribution in [1.29, 1.82) is 0 Å². The number of nitrogens with zero attached hydrogens (tertiary/aromatic N) is 2. The van der Waals surface area contributed by atoms with E-state index in [1.807, 2.05) is 19.2 Å². The third kappa shape index (κ3) is 2.48. The highest BCUT2D eigenvalue weighted by Gasteiger charge is 2.24. The summed E-state index contributed by atoms with van der Waals surface area (Å²) in [5.41, 5.74) is 1.17.